The van der Waals surface area contributed by atoms with E-state index in [0.29, 0.717) is 5.02 Å². The third-order valence-electron chi connectivity index (χ3n) is 4.11. The molecule has 4 nitrogen and oxygen atoms in total. The predicted octanol–water partition coefficient (Wildman–Crippen LogP) is 4.40. The van der Waals surface area contributed by atoms with Gasteiger partial charge in [0.2, 0.25) is 0 Å². The highest BCUT2D eigenvalue weighted by atomic mass is 35.5. The zero-order valence-corrected chi connectivity index (χ0v) is 13.9. The van der Waals surface area contributed by atoms with E-state index < -0.39 is 0 Å². The van der Waals surface area contributed by atoms with Gasteiger partial charge >= 0.3 is 0 Å². The van der Waals surface area contributed by atoms with Crippen molar-refractivity contribution in [1.82, 2.24) is 14.8 Å². The van der Waals surface area contributed by atoms with Crippen LogP contribution in [0, 0.1) is 11.3 Å². The molecule has 0 atom stereocenters. The molecule has 6 heteroatoms. The summed E-state index contributed by atoms with van der Waals surface area (Å²) in [6.07, 6.45) is 5.92. The average molecular weight is 341 g/mol. The van der Waals surface area contributed by atoms with Crippen LogP contribution in [0.3, 0.4) is 0 Å². The van der Waals surface area contributed by atoms with Gasteiger partial charge in [-0.2, -0.15) is 10.4 Å². The molecule has 0 saturated heterocycles. The minimum atomic E-state index is 0.684. The molecule has 0 bridgehead atoms. The maximum absolute atomic E-state index is 9.64. The maximum atomic E-state index is 9.64. The molecule has 0 radical (unpaired) electrons. The lowest BCUT2D eigenvalue weighted by Gasteiger charge is -2.09. The number of fused-ring (bicyclic) bond motifs is 1. The summed E-state index contributed by atoms with van der Waals surface area (Å²) in [5.41, 5.74) is 2.89. The quantitative estimate of drug-likeness (QED) is 0.694. The molecule has 2 aromatic heterocycles. The van der Waals surface area contributed by atoms with Gasteiger partial charge in [-0.3, -0.25) is 0 Å². The number of rotatable bonds is 2. The lowest BCUT2D eigenvalue weighted by atomic mass is 9.96. The van der Waals surface area contributed by atoms with Crippen molar-refractivity contribution >= 4 is 22.9 Å². The Morgan fingerprint density at radius 3 is 2.74 bits per heavy atom. The Bertz CT molecular complexity index is 902. The van der Waals surface area contributed by atoms with E-state index in [2.05, 4.69) is 16.2 Å². The van der Waals surface area contributed by atoms with Crippen LogP contribution in [0.5, 0.6) is 0 Å². The van der Waals surface area contributed by atoms with Gasteiger partial charge in [0.1, 0.15) is 17.4 Å². The molecule has 0 spiro atoms. The first-order valence-corrected chi connectivity index (χ1v) is 8.68. The van der Waals surface area contributed by atoms with Gasteiger partial charge in [0.05, 0.1) is 5.56 Å². The van der Waals surface area contributed by atoms with Crippen LogP contribution in [-0.4, -0.2) is 14.8 Å². The van der Waals surface area contributed by atoms with E-state index >= 15 is 0 Å². The molecule has 3 aromatic rings. The van der Waals surface area contributed by atoms with Crippen molar-refractivity contribution in [2.24, 2.45) is 0 Å². The number of hydrogen-bond acceptors (Lipinski definition) is 4. The van der Waals surface area contributed by atoms with Crippen molar-refractivity contribution in [1.29, 1.82) is 5.26 Å². The second-order valence-electron chi connectivity index (χ2n) is 5.51. The van der Waals surface area contributed by atoms with Gasteiger partial charge in [0.25, 0.3) is 0 Å². The molecule has 0 amide bonds. The Balaban J connectivity index is 1.87. The molecule has 4 rings (SSSR count). The lowest BCUT2D eigenvalue weighted by Crippen LogP contribution is -2.02. The molecular formula is C17H13ClN4S. The van der Waals surface area contributed by atoms with Crippen molar-refractivity contribution < 1.29 is 0 Å². The summed E-state index contributed by atoms with van der Waals surface area (Å²) in [5, 5.41) is 15.6. The molecule has 1 aromatic carbocycles. The summed E-state index contributed by atoms with van der Waals surface area (Å²) in [6, 6.07) is 9.89. The Hall–Kier alpha value is -2.16. The number of thiophene rings is 1. The van der Waals surface area contributed by atoms with Crippen LogP contribution >= 0.6 is 22.9 Å². The van der Waals surface area contributed by atoms with Gasteiger partial charge in [-0.25, -0.2) is 9.67 Å². The van der Waals surface area contributed by atoms with Gasteiger partial charge in [0.15, 0.2) is 5.82 Å². The maximum Gasteiger partial charge on any atom is 0.164 e. The van der Waals surface area contributed by atoms with Gasteiger partial charge in [0, 0.05) is 15.5 Å². The fourth-order valence-electron chi connectivity index (χ4n) is 3.00. The van der Waals surface area contributed by atoms with E-state index in [1.165, 1.54) is 23.2 Å². The van der Waals surface area contributed by atoms with E-state index in [9.17, 15) is 5.26 Å². The number of halogens is 1. The number of benzene rings is 1. The third-order valence-corrected chi connectivity index (χ3v) is 5.63. The summed E-state index contributed by atoms with van der Waals surface area (Å²) in [4.78, 5) is 5.70. The highest BCUT2D eigenvalue weighted by Crippen LogP contribution is 2.37. The number of aryl methyl sites for hydroxylation is 1. The van der Waals surface area contributed by atoms with Crippen molar-refractivity contribution in [2.75, 3.05) is 0 Å². The van der Waals surface area contributed by atoms with E-state index in [1.54, 1.807) is 16.0 Å². The summed E-state index contributed by atoms with van der Waals surface area (Å²) in [5.74, 6) is 0.733. The molecule has 0 aliphatic heterocycles. The first-order chi connectivity index (χ1) is 11.3. The lowest BCUT2D eigenvalue weighted by molar-refractivity contribution is 0.695. The molecule has 0 fully saturated rings. The van der Waals surface area contributed by atoms with Crippen LogP contribution < -0.4 is 0 Å². The highest BCUT2D eigenvalue weighted by molar-refractivity contribution is 7.15. The highest BCUT2D eigenvalue weighted by Gasteiger charge is 2.23. The van der Waals surface area contributed by atoms with Crippen LogP contribution in [0.4, 0.5) is 0 Å². The molecule has 0 unspecified atom stereocenters. The molecule has 1 aliphatic rings. The summed E-state index contributed by atoms with van der Waals surface area (Å²) in [7, 11) is 0. The van der Waals surface area contributed by atoms with Crippen molar-refractivity contribution in [3.8, 4) is 22.5 Å². The largest absolute Gasteiger partial charge is 0.215 e. The first-order valence-electron chi connectivity index (χ1n) is 7.49. The van der Waals surface area contributed by atoms with Crippen molar-refractivity contribution in [3.05, 3.63) is 51.6 Å². The standard InChI is InChI=1S/C17H13ClN4S/c18-12-7-5-11(6-8-12)16-20-10-21-22(16)17-14(9-19)13-3-1-2-4-15(13)23-17/h5-8,10H,1-4H2. The van der Waals surface area contributed by atoms with Gasteiger partial charge < -0.3 is 0 Å². The topological polar surface area (TPSA) is 54.5 Å². The van der Waals surface area contributed by atoms with Crippen molar-refractivity contribution in [3.63, 3.8) is 0 Å². The minimum absolute atomic E-state index is 0.684. The van der Waals surface area contributed by atoms with E-state index in [0.717, 1.165) is 41.2 Å². The van der Waals surface area contributed by atoms with Crippen LogP contribution in [0.1, 0.15) is 28.8 Å². The molecule has 23 heavy (non-hydrogen) atoms. The molecule has 114 valence electrons. The summed E-state index contributed by atoms with van der Waals surface area (Å²) < 4.78 is 1.78. The van der Waals surface area contributed by atoms with E-state index in [1.807, 2.05) is 24.3 Å². The SMILES string of the molecule is N#Cc1c(-n2ncnc2-c2ccc(Cl)cc2)sc2c1CCCC2. The summed E-state index contributed by atoms with van der Waals surface area (Å²) in [6.45, 7) is 0. The Labute approximate surface area is 143 Å². The zero-order chi connectivity index (χ0) is 15.8. The van der Waals surface area contributed by atoms with Gasteiger partial charge in [-0.05, 0) is 55.5 Å². The van der Waals surface area contributed by atoms with Crippen LogP contribution in [-0.2, 0) is 12.8 Å². The van der Waals surface area contributed by atoms with E-state index in [4.69, 9.17) is 11.6 Å². The summed E-state index contributed by atoms with van der Waals surface area (Å²) >= 11 is 7.63. The van der Waals surface area contributed by atoms with Crippen LogP contribution in [0.2, 0.25) is 5.02 Å². The second kappa shape index (κ2) is 5.80. The average Bonchev–Trinajstić information content (AvgIpc) is 3.19. The zero-order valence-electron chi connectivity index (χ0n) is 12.3. The first kappa shape index (κ1) is 14.4. The van der Waals surface area contributed by atoms with Crippen LogP contribution in [0.15, 0.2) is 30.6 Å². The number of nitrogens with zero attached hydrogens (tertiary/aromatic N) is 4. The second-order valence-corrected chi connectivity index (χ2v) is 7.03. The minimum Gasteiger partial charge on any atom is -0.215 e. The number of hydrogen-bond donors (Lipinski definition) is 0. The normalized spacial score (nSPS) is 13.6. The van der Waals surface area contributed by atoms with Gasteiger partial charge in [-0.15, -0.1) is 11.3 Å². The number of aromatic nitrogens is 3. The fraction of sp³-hybridized carbons (Fsp3) is 0.235. The molecular weight excluding hydrogens is 328 g/mol. The predicted molar refractivity (Wildman–Crippen MR) is 91.0 cm³/mol. The molecule has 1 aliphatic carbocycles. The molecule has 0 saturated carbocycles. The monoisotopic (exact) mass is 340 g/mol. The smallest absolute Gasteiger partial charge is 0.164 e. The Morgan fingerprint density at radius 2 is 1.96 bits per heavy atom. The number of nitriles is 1. The Morgan fingerprint density at radius 1 is 1.17 bits per heavy atom. The van der Waals surface area contributed by atoms with E-state index in [-0.39, 0.29) is 0 Å². The van der Waals surface area contributed by atoms with Gasteiger partial charge in [-0.1, -0.05) is 11.6 Å². The molecule has 2 heterocycles. The fourth-order valence-corrected chi connectivity index (χ4v) is 4.43. The molecule has 0 N–H and O–H groups in total. The third kappa shape index (κ3) is 2.44. The van der Waals surface area contributed by atoms with Crippen molar-refractivity contribution in [2.45, 2.75) is 25.7 Å². The Kier molecular flexibility index (Phi) is 3.64. The van der Waals surface area contributed by atoms with Crippen LogP contribution in [0.25, 0.3) is 16.4 Å².